The van der Waals surface area contributed by atoms with E-state index >= 15 is 0 Å². The summed E-state index contributed by atoms with van der Waals surface area (Å²) >= 11 is 7.02. The van der Waals surface area contributed by atoms with Crippen LogP contribution in [-0.2, 0) is 19.6 Å². The molecule has 34 heavy (non-hydrogen) atoms. The van der Waals surface area contributed by atoms with E-state index in [-0.39, 0.29) is 27.4 Å². The topological polar surface area (TPSA) is 119 Å². The number of nitriles is 1. The highest BCUT2D eigenvalue weighted by molar-refractivity contribution is 7.91. The summed E-state index contributed by atoms with van der Waals surface area (Å²) < 4.78 is 29.3. The molecule has 0 radical (unpaired) electrons. The third-order valence-corrected chi connectivity index (χ3v) is 10.6. The first-order valence-corrected chi connectivity index (χ1v) is 14.0. The van der Waals surface area contributed by atoms with Crippen LogP contribution in [0.4, 0.5) is 0 Å². The molecular weight excluding hydrogens is 496 g/mol. The second-order valence-electron chi connectivity index (χ2n) is 10.9. The molecule has 8 nitrogen and oxygen atoms in total. The van der Waals surface area contributed by atoms with Gasteiger partial charge in [-0.25, -0.2) is 8.42 Å². The minimum Gasteiger partial charge on any atom is -0.339 e. The van der Waals surface area contributed by atoms with Crippen molar-refractivity contribution in [3.05, 3.63) is 16.0 Å². The molecule has 2 N–H and O–H groups in total. The number of fused-ring (bicyclic) bond motifs is 1. The van der Waals surface area contributed by atoms with Gasteiger partial charge in [-0.2, -0.15) is 9.98 Å². The van der Waals surface area contributed by atoms with Gasteiger partial charge in [0, 0.05) is 6.54 Å². The summed E-state index contributed by atoms with van der Waals surface area (Å²) in [5.41, 5.74) is -0.218. The van der Waals surface area contributed by atoms with Crippen LogP contribution in [0.25, 0.3) is 0 Å². The van der Waals surface area contributed by atoms with Crippen molar-refractivity contribution in [2.24, 2.45) is 22.7 Å². The Hall–Kier alpha value is -1.67. The van der Waals surface area contributed by atoms with E-state index in [9.17, 15) is 23.3 Å². The highest BCUT2D eigenvalue weighted by Gasteiger charge is 2.69. The maximum atomic E-state index is 13.8. The first-order valence-electron chi connectivity index (χ1n) is 11.3. The van der Waals surface area contributed by atoms with Gasteiger partial charge < -0.3 is 10.2 Å². The fourth-order valence-corrected chi connectivity index (χ4v) is 7.96. The molecule has 2 aliphatic rings. The molecule has 2 heterocycles. The Morgan fingerprint density at radius 3 is 2.47 bits per heavy atom. The molecule has 2 amide bonds. The van der Waals surface area contributed by atoms with Crippen LogP contribution in [-0.4, -0.2) is 49.8 Å². The number of likely N-dealkylation sites (tertiary alicyclic amines) is 1. The van der Waals surface area contributed by atoms with E-state index in [1.807, 2.05) is 0 Å². The van der Waals surface area contributed by atoms with E-state index in [2.05, 4.69) is 30.0 Å². The van der Waals surface area contributed by atoms with Crippen LogP contribution in [0.15, 0.2) is 10.3 Å². The number of hydrogen-bond donors (Lipinski definition) is 2. The number of carbonyl (C=O) groups is 2. The van der Waals surface area contributed by atoms with Crippen molar-refractivity contribution in [2.45, 2.75) is 77.2 Å². The van der Waals surface area contributed by atoms with Crippen LogP contribution in [0.1, 0.15) is 53.5 Å². The van der Waals surface area contributed by atoms with Gasteiger partial charge in [0.1, 0.15) is 22.3 Å². The second-order valence-corrected chi connectivity index (χ2v) is 14.5. The van der Waals surface area contributed by atoms with Crippen LogP contribution in [0.5, 0.6) is 0 Å². The zero-order chi connectivity index (χ0) is 25.8. The first kappa shape index (κ1) is 26.9. The first-order chi connectivity index (χ1) is 15.6. The lowest BCUT2D eigenvalue weighted by Gasteiger charge is -2.37. The molecule has 1 saturated heterocycles. The molecule has 1 aliphatic heterocycles. The van der Waals surface area contributed by atoms with Gasteiger partial charge in [-0.3, -0.25) is 9.59 Å². The lowest BCUT2D eigenvalue weighted by molar-refractivity contribution is -0.143. The van der Waals surface area contributed by atoms with Crippen molar-refractivity contribution in [1.29, 1.82) is 5.26 Å². The average molecular weight is 529 g/mol. The summed E-state index contributed by atoms with van der Waals surface area (Å²) in [7, 11) is -4.02. The van der Waals surface area contributed by atoms with Crippen molar-refractivity contribution >= 4 is 44.8 Å². The Morgan fingerprint density at radius 2 is 2.00 bits per heavy atom. The molecule has 0 aromatic carbocycles. The van der Waals surface area contributed by atoms with Gasteiger partial charge >= 0.3 is 0 Å². The predicted molar refractivity (Wildman–Crippen MR) is 132 cm³/mol. The summed E-state index contributed by atoms with van der Waals surface area (Å²) in [5, 5.41) is 12.0. The summed E-state index contributed by atoms with van der Waals surface area (Å²) in [5.74, 6) is -0.700. The number of nitrogens with zero attached hydrogens (tertiary/aromatic N) is 2. The van der Waals surface area contributed by atoms with E-state index in [1.165, 1.54) is 11.0 Å². The van der Waals surface area contributed by atoms with E-state index in [4.69, 9.17) is 11.6 Å². The van der Waals surface area contributed by atoms with Gasteiger partial charge in [0.2, 0.25) is 11.8 Å². The molecular formula is C23H33ClN4O4S2. The van der Waals surface area contributed by atoms with Crippen LogP contribution in [0, 0.1) is 40.9 Å². The molecule has 0 spiro atoms. The van der Waals surface area contributed by atoms with Crippen molar-refractivity contribution in [3.8, 4) is 6.07 Å². The molecule has 0 bridgehead atoms. The fraction of sp³-hybridized carbons (Fsp3) is 0.696. The van der Waals surface area contributed by atoms with Crippen molar-refractivity contribution in [3.63, 3.8) is 0 Å². The molecule has 1 aliphatic carbocycles. The Kier molecular flexibility index (Phi) is 7.19. The van der Waals surface area contributed by atoms with Gasteiger partial charge in [-0.1, -0.05) is 53.1 Å². The maximum Gasteiger partial charge on any atom is 0.250 e. The summed E-state index contributed by atoms with van der Waals surface area (Å²) in [4.78, 5) is 28.6. The largest absolute Gasteiger partial charge is 0.339 e. The maximum absolute atomic E-state index is 13.8. The third-order valence-electron chi connectivity index (χ3n) is 7.13. The Balaban J connectivity index is 1.91. The van der Waals surface area contributed by atoms with E-state index in [0.29, 0.717) is 22.9 Å². The van der Waals surface area contributed by atoms with E-state index < -0.39 is 39.5 Å². The zero-order valence-corrected chi connectivity index (χ0v) is 23.0. The molecule has 1 aromatic rings. The van der Waals surface area contributed by atoms with Gasteiger partial charge in [0.05, 0.1) is 10.4 Å². The monoisotopic (exact) mass is 528 g/mol. The zero-order valence-electron chi connectivity index (χ0n) is 20.6. The summed E-state index contributed by atoms with van der Waals surface area (Å²) in [6.45, 7) is 13.4. The van der Waals surface area contributed by atoms with Crippen LogP contribution in [0.2, 0.25) is 4.34 Å². The standard InChI is InChI=1S/C23H33ClN4O4S2/c1-8-13(10-25)26-20(29)17-16-14(23(16,6)7)11-28(17)21(30)18(22(3,4)5)27-34(31,32)15-9-12(2)19(24)33-15/h9,13-14,16-18,27H,8,11H2,1-7H3,(H,26,29)/t13-,14-,16-,17-,18+/m0/s1. The number of amides is 2. The van der Waals surface area contributed by atoms with Crippen LogP contribution in [0.3, 0.4) is 0 Å². The van der Waals surface area contributed by atoms with Crippen molar-refractivity contribution in [1.82, 2.24) is 14.9 Å². The quantitative estimate of drug-likeness (QED) is 0.562. The Labute approximate surface area is 211 Å². The van der Waals surface area contributed by atoms with Gasteiger partial charge in [-0.05, 0) is 47.6 Å². The molecule has 5 atom stereocenters. The number of sulfonamides is 1. The molecule has 2 fully saturated rings. The fourth-order valence-electron chi connectivity index (χ4n) is 4.84. The summed E-state index contributed by atoms with van der Waals surface area (Å²) in [6, 6.07) is 1.07. The number of piperidine rings is 1. The minimum atomic E-state index is -4.02. The normalized spacial score (nSPS) is 25.3. The second kappa shape index (κ2) is 9.08. The number of carbonyl (C=O) groups excluding carboxylic acids is 2. The molecule has 188 valence electrons. The minimum absolute atomic E-state index is 0.0383. The Bertz CT molecular complexity index is 1110. The van der Waals surface area contributed by atoms with Crippen LogP contribution < -0.4 is 10.0 Å². The van der Waals surface area contributed by atoms with Gasteiger partial charge in [-0.15, -0.1) is 11.3 Å². The molecule has 0 unspecified atom stereocenters. The number of rotatable bonds is 7. The number of thiophene rings is 1. The predicted octanol–water partition coefficient (Wildman–Crippen LogP) is 3.30. The van der Waals surface area contributed by atoms with Gasteiger partial charge in [0.15, 0.2) is 0 Å². The molecule has 1 saturated carbocycles. The van der Waals surface area contributed by atoms with E-state index in [0.717, 1.165) is 11.3 Å². The third kappa shape index (κ3) is 4.85. The number of hydrogen-bond acceptors (Lipinski definition) is 6. The lowest BCUT2D eigenvalue weighted by atomic mass is 9.86. The number of aryl methyl sites for hydroxylation is 1. The smallest absolute Gasteiger partial charge is 0.250 e. The average Bonchev–Trinajstić information content (AvgIpc) is 3.07. The van der Waals surface area contributed by atoms with Gasteiger partial charge in [0.25, 0.3) is 10.0 Å². The molecule has 11 heteroatoms. The highest BCUT2D eigenvalue weighted by Crippen LogP contribution is 2.65. The summed E-state index contributed by atoms with van der Waals surface area (Å²) in [6.07, 6.45) is 0.452. The number of nitrogens with one attached hydrogen (secondary N) is 2. The lowest BCUT2D eigenvalue weighted by Crippen LogP contribution is -2.59. The van der Waals surface area contributed by atoms with Crippen LogP contribution >= 0.6 is 22.9 Å². The Morgan fingerprint density at radius 1 is 1.38 bits per heavy atom. The highest BCUT2D eigenvalue weighted by atomic mass is 35.5. The van der Waals surface area contributed by atoms with Crippen molar-refractivity contribution < 1.29 is 18.0 Å². The van der Waals surface area contributed by atoms with E-state index in [1.54, 1.807) is 34.6 Å². The SMILES string of the molecule is CC[C@@H](C#N)NC(=O)[C@@H]1[C@@H]2[C@H](CN1C(=O)[C@@H](NS(=O)(=O)c1cc(C)c(Cl)s1)C(C)(C)C)C2(C)C. The van der Waals surface area contributed by atoms with Crippen molar-refractivity contribution in [2.75, 3.05) is 6.54 Å². The molecule has 1 aromatic heterocycles. The molecule has 3 rings (SSSR count). The number of halogens is 1.